The molecule has 0 saturated heterocycles. The molecule has 3 heteroatoms. The van der Waals surface area contributed by atoms with Crippen molar-refractivity contribution in [3.8, 4) is 11.1 Å². The molecule has 2 nitrogen and oxygen atoms in total. The fraction of sp³-hybridized carbons (Fsp3) is 0.333. The summed E-state index contributed by atoms with van der Waals surface area (Å²) in [6.45, 7) is 8.97. The van der Waals surface area contributed by atoms with E-state index in [4.69, 9.17) is 11.6 Å². The summed E-state index contributed by atoms with van der Waals surface area (Å²) in [5.74, 6) is 0.438. The number of H-pyrrole nitrogens is 1. The topological polar surface area (TPSA) is 27.8 Å². The highest BCUT2D eigenvalue weighted by Crippen LogP contribution is 2.48. The van der Waals surface area contributed by atoms with Crippen LogP contribution in [0.1, 0.15) is 44.2 Å². The van der Waals surface area contributed by atoms with E-state index in [0.717, 1.165) is 22.5 Å². The number of aryl methyl sites for hydroxylation is 1. The number of halogens is 1. The number of hydrogen-bond acceptors (Lipinski definition) is 1. The van der Waals surface area contributed by atoms with Gasteiger partial charge >= 0.3 is 0 Å². The third-order valence-corrected chi connectivity index (χ3v) is 5.56. The van der Waals surface area contributed by atoms with Crippen molar-refractivity contribution < 1.29 is 0 Å². The Bertz CT molecular complexity index is 936. The second-order valence-corrected chi connectivity index (χ2v) is 8.08. The summed E-state index contributed by atoms with van der Waals surface area (Å²) < 4.78 is 0. The average Bonchev–Trinajstić information content (AvgIpc) is 2.93. The van der Waals surface area contributed by atoms with Gasteiger partial charge in [0.05, 0.1) is 5.02 Å². The number of rotatable bonds is 1. The van der Waals surface area contributed by atoms with Crippen LogP contribution in [-0.2, 0) is 0 Å². The van der Waals surface area contributed by atoms with Crippen molar-refractivity contribution in [1.82, 2.24) is 4.98 Å². The number of hydrogen-bond donors (Lipinski definition) is 2. The molecule has 0 aliphatic carbocycles. The lowest BCUT2D eigenvalue weighted by Crippen LogP contribution is -2.37. The first-order valence-corrected chi connectivity index (χ1v) is 8.93. The molecule has 1 aromatic heterocycles. The van der Waals surface area contributed by atoms with Gasteiger partial charge in [0.2, 0.25) is 0 Å². The number of benzene rings is 2. The van der Waals surface area contributed by atoms with Crippen LogP contribution in [0.5, 0.6) is 0 Å². The Morgan fingerprint density at radius 3 is 2.71 bits per heavy atom. The summed E-state index contributed by atoms with van der Waals surface area (Å²) in [6, 6.07) is 10.6. The van der Waals surface area contributed by atoms with Crippen LogP contribution in [0.3, 0.4) is 0 Å². The molecule has 1 atom stereocenters. The molecular weight excluding hydrogens is 316 g/mol. The Morgan fingerprint density at radius 2 is 1.92 bits per heavy atom. The van der Waals surface area contributed by atoms with E-state index in [-0.39, 0.29) is 5.54 Å². The lowest BCUT2D eigenvalue weighted by Gasteiger charge is -2.39. The largest absolute Gasteiger partial charge is 0.380 e. The van der Waals surface area contributed by atoms with Gasteiger partial charge in [0.1, 0.15) is 0 Å². The van der Waals surface area contributed by atoms with E-state index in [1.54, 1.807) is 0 Å². The molecule has 1 unspecified atom stereocenters. The molecule has 4 rings (SSSR count). The Labute approximate surface area is 148 Å². The molecule has 0 saturated carbocycles. The van der Waals surface area contributed by atoms with Gasteiger partial charge in [0.25, 0.3) is 0 Å². The van der Waals surface area contributed by atoms with Crippen LogP contribution < -0.4 is 5.32 Å². The molecular formula is C21H23ClN2. The first kappa shape index (κ1) is 15.6. The number of fused-ring (bicyclic) bond motifs is 2. The van der Waals surface area contributed by atoms with Gasteiger partial charge in [0.15, 0.2) is 0 Å². The summed E-state index contributed by atoms with van der Waals surface area (Å²) in [7, 11) is 0. The Morgan fingerprint density at radius 1 is 1.17 bits per heavy atom. The number of nitrogens with one attached hydrogen (secondary N) is 2. The third kappa shape index (κ3) is 2.32. The van der Waals surface area contributed by atoms with Crippen LogP contribution in [0.4, 0.5) is 5.69 Å². The molecule has 0 fully saturated rings. The second-order valence-electron chi connectivity index (χ2n) is 7.71. The normalized spacial score (nSPS) is 19.1. The highest BCUT2D eigenvalue weighted by molar-refractivity contribution is 6.35. The van der Waals surface area contributed by atoms with E-state index in [9.17, 15) is 0 Å². The van der Waals surface area contributed by atoms with Gasteiger partial charge in [-0.15, -0.1) is 0 Å². The molecule has 0 spiro atoms. The van der Waals surface area contributed by atoms with Crippen LogP contribution >= 0.6 is 11.6 Å². The van der Waals surface area contributed by atoms with E-state index < -0.39 is 0 Å². The zero-order chi connectivity index (χ0) is 17.1. The number of para-hydroxylation sites is 1. The monoisotopic (exact) mass is 338 g/mol. The maximum atomic E-state index is 6.92. The van der Waals surface area contributed by atoms with Gasteiger partial charge in [-0.25, -0.2) is 0 Å². The molecule has 0 amide bonds. The standard InChI is InChI=1S/C21H23ClN2/c1-12-9-15(16-11-23-17-8-6-5-7-14(16)17)19(22)18-13(2)10-21(3,4)24-20(12)18/h5-9,11,13,23-24H,10H2,1-4H3. The van der Waals surface area contributed by atoms with E-state index in [2.05, 4.69) is 74.5 Å². The van der Waals surface area contributed by atoms with Crippen molar-refractivity contribution in [1.29, 1.82) is 0 Å². The van der Waals surface area contributed by atoms with Crippen molar-refractivity contribution >= 4 is 28.2 Å². The first-order valence-electron chi connectivity index (χ1n) is 8.55. The van der Waals surface area contributed by atoms with E-state index in [1.165, 1.54) is 27.8 Å². The molecule has 2 heterocycles. The van der Waals surface area contributed by atoms with Gasteiger partial charge in [-0.2, -0.15) is 0 Å². The predicted molar refractivity (Wildman–Crippen MR) is 104 cm³/mol. The summed E-state index contributed by atoms with van der Waals surface area (Å²) >= 11 is 6.92. The van der Waals surface area contributed by atoms with Crippen LogP contribution in [0.2, 0.25) is 5.02 Å². The lowest BCUT2D eigenvalue weighted by molar-refractivity contribution is 0.454. The average molecular weight is 339 g/mol. The van der Waals surface area contributed by atoms with Gasteiger partial charge in [-0.05, 0) is 56.4 Å². The van der Waals surface area contributed by atoms with Crippen molar-refractivity contribution in [3.63, 3.8) is 0 Å². The minimum Gasteiger partial charge on any atom is -0.380 e. The first-order chi connectivity index (χ1) is 11.4. The highest BCUT2D eigenvalue weighted by atomic mass is 35.5. The molecule has 0 bridgehead atoms. The highest BCUT2D eigenvalue weighted by Gasteiger charge is 2.33. The van der Waals surface area contributed by atoms with Crippen LogP contribution in [0, 0.1) is 6.92 Å². The van der Waals surface area contributed by atoms with E-state index in [0.29, 0.717) is 5.92 Å². The SMILES string of the molecule is Cc1cc(-c2c[nH]c3ccccc23)c(Cl)c2c1NC(C)(C)CC2C. The maximum Gasteiger partial charge on any atom is 0.0540 e. The minimum atomic E-state index is 0.100. The number of anilines is 1. The van der Waals surface area contributed by atoms with Crippen molar-refractivity contribution in [2.24, 2.45) is 0 Å². The molecule has 3 aromatic rings. The lowest BCUT2D eigenvalue weighted by atomic mass is 9.79. The zero-order valence-electron chi connectivity index (χ0n) is 14.6. The molecule has 24 heavy (non-hydrogen) atoms. The summed E-state index contributed by atoms with van der Waals surface area (Å²) in [5.41, 5.74) is 7.28. The van der Waals surface area contributed by atoms with Crippen molar-refractivity contribution in [2.45, 2.75) is 45.6 Å². The van der Waals surface area contributed by atoms with Crippen LogP contribution in [0.25, 0.3) is 22.0 Å². The summed E-state index contributed by atoms with van der Waals surface area (Å²) in [5, 5.41) is 5.80. The Hall–Kier alpha value is -1.93. The quantitative estimate of drug-likeness (QED) is 0.521. The molecule has 2 N–H and O–H groups in total. The fourth-order valence-corrected chi connectivity index (χ4v) is 4.63. The molecule has 2 aromatic carbocycles. The summed E-state index contributed by atoms with van der Waals surface area (Å²) in [6.07, 6.45) is 3.15. The second kappa shape index (κ2) is 5.29. The van der Waals surface area contributed by atoms with Crippen LogP contribution in [-0.4, -0.2) is 10.5 Å². The molecule has 1 aliphatic heterocycles. The van der Waals surface area contributed by atoms with Crippen molar-refractivity contribution in [2.75, 3.05) is 5.32 Å². The number of aromatic amines is 1. The third-order valence-electron chi connectivity index (χ3n) is 5.15. The van der Waals surface area contributed by atoms with Gasteiger partial charge < -0.3 is 10.3 Å². The van der Waals surface area contributed by atoms with Gasteiger partial charge in [0, 0.05) is 39.5 Å². The van der Waals surface area contributed by atoms with Crippen LogP contribution in [0.15, 0.2) is 36.5 Å². The molecule has 1 aliphatic rings. The molecule has 0 radical (unpaired) electrons. The molecule has 124 valence electrons. The van der Waals surface area contributed by atoms with Gasteiger partial charge in [-0.3, -0.25) is 0 Å². The minimum absolute atomic E-state index is 0.100. The Balaban J connectivity index is 1.96. The van der Waals surface area contributed by atoms with Crippen molar-refractivity contribution in [3.05, 3.63) is 52.7 Å². The smallest absolute Gasteiger partial charge is 0.0540 e. The Kier molecular flexibility index (Phi) is 3.43. The predicted octanol–water partition coefficient (Wildman–Crippen LogP) is 6.49. The fourth-order valence-electron chi connectivity index (χ4n) is 4.20. The van der Waals surface area contributed by atoms with E-state index in [1.807, 2.05) is 0 Å². The summed E-state index contributed by atoms with van der Waals surface area (Å²) in [4.78, 5) is 3.36. The van der Waals surface area contributed by atoms with Gasteiger partial charge in [-0.1, -0.05) is 36.7 Å². The maximum absolute atomic E-state index is 6.92. The van der Waals surface area contributed by atoms with E-state index >= 15 is 0 Å². The number of aromatic nitrogens is 1. The zero-order valence-corrected chi connectivity index (χ0v) is 15.4.